The topological polar surface area (TPSA) is 78.9 Å². The van der Waals surface area contributed by atoms with Crippen molar-refractivity contribution in [3.63, 3.8) is 0 Å². The number of carbonyl (C=O) groups excluding carboxylic acids is 3. The van der Waals surface area contributed by atoms with E-state index >= 15 is 0 Å². The molecule has 0 aliphatic heterocycles. The van der Waals surface area contributed by atoms with Crippen LogP contribution in [-0.4, -0.2) is 37.2 Å². The summed E-state index contributed by atoms with van der Waals surface area (Å²) in [6, 6.07) is 0. The summed E-state index contributed by atoms with van der Waals surface area (Å²) in [4.78, 5) is 38.1. The Morgan fingerprint density at radius 2 is 0.565 bits per heavy atom. The summed E-state index contributed by atoms with van der Waals surface area (Å²) in [7, 11) is 0. The van der Waals surface area contributed by atoms with E-state index in [1.165, 1.54) is 89.9 Å². The Bertz CT molecular complexity index is 1420. The van der Waals surface area contributed by atoms with E-state index < -0.39 is 6.10 Å². The first-order valence-electron chi connectivity index (χ1n) is 28.4. The van der Waals surface area contributed by atoms with Gasteiger partial charge < -0.3 is 14.2 Å². The minimum atomic E-state index is -0.805. The lowest BCUT2D eigenvalue weighted by atomic mass is 10.0. The number of rotatable bonds is 50. The third-order valence-corrected chi connectivity index (χ3v) is 11.8. The van der Waals surface area contributed by atoms with Crippen molar-refractivity contribution in [1.82, 2.24) is 0 Å². The normalized spacial score (nSPS) is 12.9. The van der Waals surface area contributed by atoms with E-state index in [1.54, 1.807) is 0 Å². The molecule has 0 unspecified atom stereocenters. The van der Waals surface area contributed by atoms with Crippen molar-refractivity contribution >= 4 is 17.9 Å². The molecular formula is C63H104O6. The van der Waals surface area contributed by atoms with Crippen molar-refractivity contribution in [1.29, 1.82) is 0 Å². The van der Waals surface area contributed by atoms with Crippen LogP contribution in [0.1, 0.15) is 252 Å². The lowest BCUT2D eigenvalue weighted by molar-refractivity contribution is -0.167. The van der Waals surface area contributed by atoms with Crippen molar-refractivity contribution in [3.05, 3.63) is 109 Å². The van der Waals surface area contributed by atoms with Crippen LogP contribution in [-0.2, 0) is 28.6 Å². The van der Waals surface area contributed by atoms with Crippen LogP contribution in [0.4, 0.5) is 0 Å². The Kier molecular flexibility index (Phi) is 53.4. The van der Waals surface area contributed by atoms with Gasteiger partial charge in [0.2, 0.25) is 0 Å². The molecule has 0 saturated heterocycles. The fourth-order valence-corrected chi connectivity index (χ4v) is 7.51. The predicted octanol–water partition coefficient (Wildman–Crippen LogP) is 19.1. The fourth-order valence-electron chi connectivity index (χ4n) is 7.51. The molecule has 0 aromatic rings. The summed E-state index contributed by atoms with van der Waals surface area (Å²) in [5.41, 5.74) is 0. The van der Waals surface area contributed by atoms with Crippen LogP contribution < -0.4 is 0 Å². The second-order valence-electron chi connectivity index (χ2n) is 18.5. The van der Waals surface area contributed by atoms with Crippen molar-refractivity contribution in [2.45, 2.75) is 258 Å². The third kappa shape index (κ3) is 54.9. The van der Waals surface area contributed by atoms with Crippen molar-refractivity contribution < 1.29 is 28.6 Å². The van der Waals surface area contributed by atoms with Gasteiger partial charge in [0.25, 0.3) is 0 Å². The first-order valence-corrected chi connectivity index (χ1v) is 28.4. The highest BCUT2D eigenvalue weighted by atomic mass is 16.6. The van der Waals surface area contributed by atoms with Crippen molar-refractivity contribution in [3.8, 4) is 0 Å². The Morgan fingerprint density at radius 3 is 0.913 bits per heavy atom. The number of hydrogen-bond acceptors (Lipinski definition) is 6. The molecule has 6 heteroatoms. The molecule has 0 radical (unpaired) electrons. The van der Waals surface area contributed by atoms with Crippen LogP contribution >= 0.6 is 0 Å². The molecule has 0 aliphatic rings. The molecule has 0 amide bonds. The van der Waals surface area contributed by atoms with Crippen LogP contribution in [0.25, 0.3) is 0 Å². The van der Waals surface area contributed by atoms with Crippen LogP contribution in [0.2, 0.25) is 0 Å². The number of allylic oxidation sites excluding steroid dienone is 18. The highest BCUT2D eigenvalue weighted by Gasteiger charge is 2.19. The van der Waals surface area contributed by atoms with E-state index in [9.17, 15) is 14.4 Å². The Labute approximate surface area is 425 Å². The standard InChI is InChI=1S/C63H104O6/c1-4-7-10-13-16-19-22-25-27-29-31-33-35-38-40-43-46-49-52-55-61(64)67-58-60(69-63(66)57-54-51-48-45-42-37-24-21-18-15-12-9-6-3)59-68-62(65)56-53-50-47-44-41-39-36-34-32-30-28-26-23-20-17-14-11-8-5-2/h7,10,16-17,19-20,25-28,31-34,38-41,60H,4-6,8-9,11-15,18,21-24,29-30,35-37,42-59H2,1-3H3/b10-7-,19-16-,20-17-,27-25-,28-26-,33-31-,34-32-,40-38-,41-39-/t60-/m1/s1. The maximum Gasteiger partial charge on any atom is 0.306 e. The minimum absolute atomic E-state index is 0.105. The zero-order chi connectivity index (χ0) is 50.0. The quantitative estimate of drug-likeness (QED) is 0.0262. The summed E-state index contributed by atoms with van der Waals surface area (Å²) < 4.78 is 16.8. The largest absolute Gasteiger partial charge is 0.462 e. The summed E-state index contributed by atoms with van der Waals surface area (Å²) in [5, 5.41) is 0. The molecule has 0 rings (SSSR count). The van der Waals surface area contributed by atoms with Gasteiger partial charge in [-0.15, -0.1) is 0 Å². The average molecular weight is 958 g/mol. The molecule has 0 saturated carbocycles. The first-order chi connectivity index (χ1) is 34.0. The van der Waals surface area contributed by atoms with E-state index in [4.69, 9.17) is 14.2 Å². The molecule has 0 fully saturated rings. The Balaban J connectivity index is 4.49. The highest BCUT2D eigenvalue weighted by Crippen LogP contribution is 2.14. The molecular weight excluding hydrogens is 853 g/mol. The number of unbranched alkanes of at least 4 members (excludes halogenated alkanes) is 21. The van der Waals surface area contributed by atoms with E-state index in [-0.39, 0.29) is 31.1 Å². The Hall–Kier alpha value is -3.93. The second kappa shape index (κ2) is 56.7. The molecule has 69 heavy (non-hydrogen) atoms. The average Bonchev–Trinajstić information content (AvgIpc) is 3.35. The monoisotopic (exact) mass is 957 g/mol. The lowest BCUT2D eigenvalue weighted by Gasteiger charge is -2.18. The maximum absolute atomic E-state index is 12.8. The molecule has 6 nitrogen and oxygen atoms in total. The zero-order valence-electron chi connectivity index (χ0n) is 44.8. The van der Waals surface area contributed by atoms with Gasteiger partial charge >= 0.3 is 17.9 Å². The van der Waals surface area contributed by atoms with E-state index in [1.807, 2.05) is 0 Å². The van der Waals surface area contributed by atoms with Gasteiger partial charge in [-0.05, 0) is 109 Å². The van der Waals surface area contributed by atoms with Gasteiger partial charge in [0.05, 0.1) is 0 Å². The second-order valence-corrected chi connectivity index (χ2v) is 18.5. The third-order valence-electron chi connectivity index (χ3n) is 11.8. The smallest absolute Gasteiger partial charge is 0.306 e. The summed E-state index contributed by atoms with van der Waals surface area (Å²) >= 11 is 0. The Morgan fingerprint density at radius 1 is 0.304 bits per heavy atom. The summed E-state index contributed by atoms with van der Waals surface area (Å²) in [6.45, 7) is 6.44. The van der Waals surface area contributed by atoms with Crippen LogP contribution in [0.5, 0.6) is 0 Å². The van der Waals surface area contributed by atoms with E-state index in [0.29, 0.717) is 19.3 Å². The molecule has 0 heterocycles. The van der Waals surface area contributed by atoms with Gasteiger partial charge in [-0.25, -0.2) is 0 Å². The molecule has 0 aromatic carbocycles. The predicted molar refractivity (Wildman–Crippen MR) is 297 cm³/mol. The van der Waals surface area contributed by atoms with E-state index in [2.05, 4.69) is 130 Å². The fraction of sp³-hybridized carbons (Fsp3) is 0.667. The molecule has 0 aromatic heterocycles. The number of carbonyl (C=O) groups is 3. The van der Waals surface area contributed by atoms with Gasteiger partial charge in [-0.3, -0.25) is 14.4 Å². The lowest BCUT2D eigenvalue weighted by Crippen LogP contribution is -2.30. The summed E-state index contributed by atoms with van der Waals surface area (Å²) in [5.74, 6) is -0.964. The highest BCUT2D eigenvalue weighted by molar-refractivity contribution is 5.71. The number of hydrogen-bond donors (Lipinski definition) is 0. The maximum atomic E-state index is 12.8. The number of esters is 3. The van der Waals surface area contributed by atoms with E-state index in [0.717, 1.165) is 122 Å². The van der Waals surface area contributed by atoms with Crippen molar-refractivity contribution in [2.24, 2.45) is 0 Å². The summed E-state index contributed by atoms with van der Waals surface area (Å²) in [6.07, 6.45) is 76.4. The van der Waals surface area contributed by atoms with Gasteiger partial charge in [0.15, 0.2) is 6.10 Å². The molecule has 0 bridgehead atoms. The van der Waals surface area contributed by atoms with Gasteiger partial charge in [0.1, 0.15) is 13.2 Å². The molecule has 0 spiro atoms. The molecule has 0 N–H and O–H groups in total. The van der Waals surface area contributed by atoms with Gasteiger partial charge in [0, 0.05) is 19.3 Å². The molecule has 0 aliphatic carbocycles. The van der Waals surface area contributed by atoms with Gasteiger partial charge in [-0.2, -0.15) is 0 Å². The zero-order valence-corrected chi connectivity index (χ0v) is 44.8. The van der Waals surface area contributed by atoms with Crippen LogP contribution in [0, 0.1) is 0 Å². The first kappa shape index (κ1) is 65.1. The SMILES string of the molecule is CC/C=C\C/C=C\C/C=C\C/C=C\C/C=C\CCCCCC(=O)OC[C@H](COC(=O)CCCCC/C=C\C/C=C\C/C=C\C/C=C\CCCCC)OC(=O)CCCCCCCCCCCCCCC. The molecule has 1 atom stereocenters. The molecule has 392 valence electrons. The van der Waals surface area contributed by atoms with Crippen LogP contribution in [0.3, 0.4) is 0 Å². The van der Waals surface area contributed by atoms with Gasteiger partial charge in [-0.1, -0.05) is 233 Å². The van der Waals surface area contributed by atoms with Crippen LogP contribution in [0.15, 0.2) is 109 Å². The minimum Gasteiger partial charge on any atom is -0.462 e. The van der Waals surface area contributed by atoms with Crippen molar-refractivity contribution in [2.75, 3.05) is 13.2 Å². The number of ether oxygens (including phenoxy) is 3.